The molecule has 1 aromatic carbocycles. The first-order valence-corrected chi connectivity index (χ1v) is 6.32. The van der Waals surface area contributed by atoms with E-state index < -0.39 is 0 Å². The first-order valence-electron chi connectivity index (χ1n) is 5.94. The summed E-state index contributed by atoms with van der Waals surface area (Å²) in [5.74, 6) is 0.843. The van der Waals surface area contributed by atoms with Gasteiger partial charge in [0.25, 0.3) is 0 Å². The number of rotatable bonds is 5. The fourth-order valence-corrected chi connectivity index (χ4v) is 2.16. The van der Waals surface area contributed by atoms with Crippen LogP contribution >= 0.6 is 11.6 Å². The minimum absolute atomic E-state index is 0.712. The van der Waals surface area contributed by atoms with Crippen molar-refractivity contribution in [2.24, 2.45) is 7.05 Å². The summed E-state index contributed by atoms with van der Waals surface area (Å²) in [4.78, 5) is 2.14. The monoisotopic (exact) mass is 280 g/mol. The number of benzene rings is 1. The number of nitrogens with zero attached hydrogens (tertiary/aromatic N) is 4. The summed E-state index contributed by atoms with van der Waals surface area (Å²) in [7, 11) is 5.54. The van der Waals surface area contributed by atoms with Crippen molar-refractivity contribution in [3.63, 3.8) is 0 Å². The number of halogens is 1. The van der Waals surface area contributed by atoms with Gasteiger partial charge in [0.1, 0.15) is 5.75 Å². The predicted molar refractivity (Wildman–Crippen MR) is 74.2 cm³/mol. The number of methoxy groups -OCH3 is 1. The van der Waals surface area contributed by atoms with Gasteiger partial charge < -0.3 is 4.74 Å². The molecule has 0 spiro atoms. The maximum Gasteiger partial charge on any atom is 0.123 e. The molecular formula is C13H17ClN4O. The third-order valence-electron chi connectivity index (χ3n) is 2.76. The van der Waals surface area contributed by atoms with Crippen molar-refractivity contribution in [2.45, 2.75) is 13.1 Å². The van der Waals surface area contributed by atoms with Crippen LogP contribution in [-0.2, 0) is 20.1 Å². The normalized spacial score (nSPS) is 11.0. The standard InChI is InChI=1S/C13H17ClN4O/c1-17(8-12-9-18(2)16-15-12)7-10-6-11(14)4-5-13(10)19-3/h4-6,9H,7-8H2,1-3H3. The van der Waals surface area contributed by atoms with Gasteiger partial charge in [-0.2, -0.15) is 0 Å². The van der Waals surface area contributed by atoms with Gasteiger partial charge in [-0.15, -0.1) is 5.10 Å². The van der Waals surface area contributed by atoms with Crippen LogP contribution in [-0.4, -0.2) is 34.1 Å². The molecule has 0 saturated heterocycles. The van der Waals surface area contributed by atoms with E-state index in [1.165, 1.54) is 0 Å². The lowest BCUT2D eigenvalue weighted by molar-refractivity contribution is 0.306. The van der Waals surface area contributed by atoms with Crippen molar-refractivity contribution in [1.82, 2.24) is 19.9 Å². The molecule has 0 unspecified atom stereocenters. The Morgan fingerprint density at radius 1 is 1.37 bits per heavy atom. The Labute approximate surface area is 117 Å². The van der Waals surface area contributed by atoms with E-state index in [1.807, 2.05) is 38.5 Å². The highest BCUT2D eigenvalue weighted by Gasteiger charge is 2.09. The lowest BCUT2D eigenvalue weighted by Gasteiger charge is -2.17. The Morgan fingerprint density at radius 2 is 2.16 bits per heavy atom. The molecule has 102 valence electrons. The van der Waals surface area contributed by atoms with Crippen LogP contribution in [0.5, 0.6) is 5.75 Å². The molecule has 0 aliphatic carbocycles. The molecule has 1 aromatic heterocycles. The number of hydrogen-bond donors (Lipinski definition) is 0. The largest absolute Gasteiger partial charge is 0.496 e. The molecule has 0 aliphatic heterocycles. The number of hydrogen-bond acceptors (Lipinski definition) is 4. The summed E-state index contributed by atoms with van der Waals surface area (Å²) in [5, 5.41) is 8.70. The molecule has 0 radical (unpaired) electrons. The van der Waals surface area contributed by atoms with Gasteiger partial charge in [0.2, 0.25) is 0 Å². The van der Waals surface area contributed by atoms with Crippen LogP contribution in [0.1, 0.15) is 11.3 Å². The van der Waals surface area contributed by atoms with E-state index in [0.29, 0.717) is 5.02 Å². The van der Waals surface area contributed by atoms with Gasteiger partial charge in [-0.1, -0.05) is 16.8 Å². The lowest BCUT2D eigenvalue weighted by Crippen LogP contribution is -2.18. The van der Waals surface area contributed by atoms with E-state index in [0.717, 1.165) is 30.1 Å². The smallest absolute Gasteiger partial charge is 0.123 e. The van der Waals surface area contributed by atoms with Crippen molar-refractivity contribution in [3.8, 4) is 5.75 Å². The molecule has 5 nitrogen and oxygen atoms in total. The quantitative estimate of drug-likeness (QED) is 0.841. The first kappa shape index (κ1) is 13.8. The van der Waals surface area contributed by atoms with Gasteiger partial charge in [-0.3, -0.25) is 9.58 Å². The van der Waals surface area contributed by atoms with Crippen LogP contribution in [0.15, 0.2) is 24.4 Å². The molecule has 6 heteroatoms. The molecule has 0 bridgehead atoms. The Balaban J connectivity index is 2.05. The highest BCUT2D eigenvalue weighted by Crippen LogP contribution is 2.24. The second-order valence-electron chi connectivity index (χ2n) is 4.51. The fraction of sp³-hybridized carbons (Fsp3) is 0.385. The van der Waals surface area contributed by atoms with Crippen LogP contribution in [0.3, 0.4) is 0 Å². The van der Waals surface area contributed by atoms with E-state index in [9.17, 15) is 0 Å². The van der Waals surface area contributed by atoms with Crippen LogP contribution in [0.2, 0.25) is 5.02 Å². The average molecular weight is 281 g/mol. The number of aromatic nitrogens is 3. The van der Waals surface area contributed by atoms with Crippen molar-refractivity contribution in [2.75, 3.05) is 14.2 Å². The maximum atomic E-state index is 6.02. The average Bonchev–Trinajstić information content (AvgIpc) is 2.75. The maximum absolute atomic E-state index is 6.02. The molecule has 0 N–H and O–H groups in total. The molecule has 0 aliphatic rings. The molecule has 19 heavy (non-hydrogen) atoms. The van der Waals surface area contributed by atoms with Gasteiger partial charge in [0, 0.05) is 36.9 Å². The predicted octanol–water partition coefficient (Wildman–Crippen LogP) is 2.11. The summed E-state index contributed by atoms with van der Waals surface area (Å²) in [6, 6.07) is 5.63. The van der Waals surface area contributed by atoms with Crippen molar-refractivity contribution in [1.29, 1.82) is 0 Å². The minimum atomic E-state index is 0.712. The van der Waals surface area contributed by atoms with Crippen LogP contribution in [0.25, 0.3) is 0 Å². The Morgan fingerprint density at radius 3 is 2.79 bits per heavy atom. The van der Waals surface area contributed by atoms with Crippen molar-refractivity contribution >= 4 is 11.6 Å². The summed E-state index contributed by atoms with van der Waals surface area (Å²) >= 11 is 6.02. The molecular weight excluding hydrogens is 264 g/mol. The topological polar surface area (TPSA) is 43.2 Å². The summed E-state index contributed by atoms with van der Waals surface area (Å²) in [6.45, 7) is 1.46. The van der Waals surface area contributed by atoms with Crippen molar-refractivity contribution in [3.05, 3.63) is 40.7 Å². The molecule has 1 heterocycles. The van der Waals surface area contributed by atoms with E-state index in [1.54, 1.807) is 11.8 Å². The molecule has 2 rings (SSSR count). The van der Waals surface area contributed by atoms with Crippen LogP contribution in [0.4, 0.5) is 0 Å². The Hall–Kier alpha value is -1.59. The summed E-state index contributed by atoms with van der Waals surface area (Å²) in [5.41, 5.74) is 1.99. The van der Waals surface area contributed by atoms with Crippen LogP contribution < -0.4 is 4.74 Å². The summed E-state index contributed by atoms with van der Waals surface area (Å²) in [6.07, 6.45) is 1.91. The Kier molecular flexibility index (Phi) is 4.39. The zero-order chi connectivity index (χ0) is 13.8. The second kappa shape index (κ2) is 6.04. The molecule has 0 amide bonds. The highest BCUT2D eigenvalue weighted by molar-refractivity contribution is 6.30. The van der Waals surface area contributed by atoms with Crippen molar-refractivity contribution < 1.29 is 4.74 Å². The molecule has 2 aromatic rings. The number of ether oxygens (including phenoxy) is 1. The van der Waals surface area contributed by atoms with Gasteiger partial charge in [-0.25, -0.2) is 0 Å². The zero-order valence-electron chi connectivity index (χ0n) is 11.3. The molecule has 0 fully saturated rings. The van der Waals surface area contributed by atoms with E-state index in [-0.39, 0.29) is 0 Å². The SMILES string of the molecule is COc1ccc(Cl)cc1CN(C)Cc1cn(C)nn1. The third kappa shape index (κ3) is 3.68. The van der Waals surface area contributed by atoms with E-state index in [4.69, 9.17) is 16.3 Å². The first-order chi connectivity index (χ1) is 9.08. The minimum Gasteiger partial charge on any atom is -0.496 e. The van der Waals surface area contributed by atoms with Gasteiger partial charge in [0.05, 0.1) is 12.8 Å². The van der Waals surface area contributed by atoms with E-state index >= 15 is 0 Å². The highest BCUT2D eigenvalue weighted by atomic mass is 35.5. The second-order valence-corrected chi connectivity index (χ2v) is 4.95. The fourth-order valence-electron chi connectivity index (χ4n) is 1.96. The zero-order valence-corrected chi connectivity index (χ0v) is 12.1. The van der Waals surface area contributed by atoms with Crippen LogP contribution in [0, 0.1) is 0 Å². The van der Waals surface area contributed by atoms with Gasteiger partial charge in [0.15, 0.2) is 0 Å². The van der Waals surface area contributed by atoms with E-state index in [2.05, 4.69) is 15.2 Å². The third-order valence-corrected chi connectivity index (χ3v) is 3.00. The van der Waals surface area contributed by atoms with Gasteiger partial charge >= 0.3 is 0 Å². The Bertz CT molecular complexity index is 555. The molecule has 0 atom stereocenters. The summed E-state index contributed by atoms with van der Waals surface area (Å²) < 4.78 is 7.04. The van der Waals surface area contributed by atoms with Gasteiger partial charge in [-0.05, 0) is 25.2 Å². The molecule has 0 saturated carbocycles. The lowest BCUT2D eigenvalue weighted by atomic mass is 10.2. The number of aryl methyl sites for hydroxylation is 1.